The molecule has 0 bridgehead atoms. The molecule has 252 valence electrons. The maximum absolute atomic E-state index is 12.5. The molecule has 1 amide bonds. The lowest BCUT2D eigenvalue weighted by molar-refractivity contribution is -0.763. The molecule has 2 aromatic rings. The number of ether oxygens (including phenoxy) is 2. The third-order valence-electron chi connectivity index (χ3n) is 7.00. The van der Waals surface area contributed by atoms with Crippen LogP contribution in [0.1, 0.15) is 81.9 Å². The second-order valence-corrected chi connectivity index (χ2v) is 10.8. The third-order valence-corrected chi connectivity index (χ3v) is 7.00. The lowest BCUT2D eigenvalue weighted by Crippen LogP contribution is -2.39. The SMILES string of the molecule is C/C=C\CCCC(=O)NC(C)C(=O)OCc1ccc(CO[N+](=O)[O-])cc1.FC(F)(F)c1cccc(OCC/C=C/C2CCCC2)c1. The highest BCUT2D eigenvalue weighted by Gasteiger charge is 2.30. The van der Waals surface area contributed by atoms with E-state index in [4.69, 9.17) is 9.47 Å². The summed E-state index contributed by atoms with van der Waals surface area (Å²) in [5.41, 5.74) is 0.694. The van der Waals surface area contributed by atoms with Gasteiger partial charge in [-0.3, -0.25) is 4.79 Å². The van der Waals surface area contributed by atoms with Crippen molar-refractivity contribution in [3.8, 4) is 5.75 Å². The maximum Gasteiger partial charge on any atom is 0.416 e. The number of amides is 1. The number of alkyl halides is 3. The van der Waals surface area contributed by atoms with Gasteiger partial charge in [-0.25, -0.2) is 4.79 Å². The van der Waals surface area contributed by atoms with E-state index >= 15 is 0 Å². The topological polar surface area (TPSA) is 117 Å². The van der Waals surface area contributed by atoms with Crippen LogP contribution in [0.5, 0.6) is 5.75 Å². The van der Waals surface area contributed by atoms with Gasteiger partial charge in [-0.1, -0.05) is 67.5 Å². The predicted molar refractivity (Wildman–Crippen MR) is 167 cm³/mol. The highest BCUT2D eigenvalue weighted by molar-refractivity contribution is 5.84. The molecule has 3 rings (SSSR count). The zero-order valence-corrected chi connectivity index (χ0v) is 26.3. The Morgan fingerprint density at radius 2 is 1.72 bits per heavy atom. The molecule has 1 fully saturated rings. The van der Waals surface area contributed by atoms with E-state index in [0.29, 0.717) is 24.5 Å². The normalized spacial score (nSPS) is 14.0. The number of esters is 1. The van der Waals surface area contributed by atoms with Crippen molar-refractivity contribution in [2.45, 2.75) is 90.6 Å². The van der Waals surface area contributed by atoms with Crippen molar-refractivity contribution in [3.63, 3.8) is 0 Å². The van der Waals surface area contributed by atoms with E-state index in [9.17, 15) is 32.9 Å². The Balaban J connectivity index is 0.000000330. The van der Waals surface area contributed by atoms with E-state index in [-0.39, 0.29) is 24.9 Å². The van der Waals surface area contributed by atoms with Crippen molar-refractivity contribution in [1.29, 1.82) is 0 Å². The van der Waals surface area contributed by atoms with Gasteiger partial charge < -0.3 is 19.6 Å². The molecule has 0 saturated heterocycles. The van der Waals surface area contributed by atoms with Gasteiger partial charge in [0.25, 0.3) is 5.09 Å². The summed E-state index contributed by atoms with van der Waals surface area (Å²) in [6.45, 7) is 3.82. The van der Waals surface area contributed by atoms with E-state index < -0.39 is 28.8 Å². The summed E-state index contributed by atoms with van der Waals surface area (Å²) in [5, 5.41) is 11.9. The Labute approximate surface area is 267 Å². The van der Waals surface area contributed by atoms with Gasteiger partial charge in [-0.05, 0) is 81.2 Å². The van der Waals surface area contributed by atoms with Crippen LogP contribution in [0.3, 0.4) is 0 Å². The first-order valence-corrected chi connectivity index (χ1v) is 15.4. The molecule has 0 aromatic heterocycles. The number of nitrogens with one attached hydrogen (secondary N) is 1. The Bertz CT molecular complexity index is 1270. The number of allylic oxidation sites excluding steroid dienone is 3. The largest absolute Gasteiger partial charge is 0.493 e. The molecule has 0 aliphatic heterocycles. The summed E-state index contributed by atoms with van der Waals surface area (Å²) in [6, 6.07) is 11.0. The summed E-state index contributed by atoms with van der Waals surface area (Å²) in [4.78, 5) is 38.1. The van der Waals surface area contributed by atoms with Gasteiger partial charge in [0.05, 0.1) is 12.2 Å². The molecular formula is C34H43F3N2O7. The summed E-state index contributed by atoms with van der Waals surface area (Å²) in [6.07, 6.45) is 11.6. The molecule has 0 spiro atoms. The third kappa shape index (κ3) is 16.1. The van der Waals surface area contributed by atoms with Crippen LogP contribution >= 0.6 is 0 Å². The van der Waals surface area contributed by atoms with Gasteiger partial charge in [-0.2, -0.15) is 13.2 Å². The van der Waals surface area contributed by atoms with E-state index in [1.54, 1.807) is 37.3 Å². The number of hydrogen-bond donors (Lipinski definition) is 1. The monoisotopic (exact) mass is 648 g/mol. The van der Waals surface area contributed by atoms with E-state index in [2.05, 4.69) is 22.3 Å². The van der Waals surface area contributed by atoms with Crippen LogP contribution in [-0.4, -0.2) is 29.6 Å². The molecule has 1 aliphatic carbocycles. The van der Waals surface area contributed by atoms with E-state index in [1.807, 2.05) is 19.1 Å². The average molecular weight is 649 g/mol. The molecule has 46 heavy (non-hydrogen) atoms. The second kappa shape index (κ2) is 20.6. The van der Waals surface area contributed by atoms with Crippen molar-refractivity contribution in [2.75, 3.05) is 6.61 Å². The van der Waals surface area contributed by atoms with Crippen LogP contribution in [0.15, 0.2) is 72.8 Å². The molecule has 1 atom stereocenters. The van der Waals surface area contributed by atoms with Crippen LogP contribution < -0.4 is 10.1 Å². The Kier molecular flexibility index (Phi) is 17.0. The fourth-order valence-corrected chi connectivity index (χ4v) is 4.50. The van der Waals surface area contributed by atoms with Crippen LogP contribution in [0, 0.1) is 16.0 Å². The van der Waals surface area contributed by atoms with E-state index in [1.165, 1.54) is 31.7 Å². The second-order valence-electron chi connectivity index (χ2n) is 10.8. The number of benzene rings is 2. The Morgan fingerprint density at radius 3 is 2.35 bits per heavy atom. The van der Waals surface area contributed by atoms with Crippen LogP contribution in [0.25, 0.3) is 0 Å². The molecule has 12 heteroatoms. The lowest BCUT2D eigenvalue weighted by Gasteiger charge is -2.13. The number of nitrogens with zero attached hydrogens (tertiary/aromatic N) is 1. The fourth-order valence-electron chi connectivity index (χ4n) is 4.50. The molecule has 1 unspecified atom stereocenters. The quantitative estimate of drug-likeness (QED) is 0.0646. The van der Waals surface area contributed by atoms with Gasteiger partial charge in [0.1, 0.15) is 25.0 Å². The van der Waals surface area contributed by atoms with Crippen LogP contribution in [0.2, 0.25) is 0 Å². The lowest BCUT2D eigenvalue weighted by atomic mass is 10.1. The minimum Gasteiger partial charge on any atom is -0.493 e. The highest BCUT2D eigenvalue weighted by Crippen LogP contribution is 2.31. The van der Waals surface area contributed by atoms with Gasteiger partial charge in [0.2, 0.25) is 5.91 Å². The number of halogens is 3. The Morgan fingerprint density at radius 1 is 1.04 bits per heavy atom. The first-order valence-electron chi connectivity index (χ1n) is 15.4. The molecule has 1 N–H and O–H groups in total. The number of rotatable bonds is 16. The van der Waals surface area contributed by atoms with Crippen molar-refractivity contribution < 1.29 is 42.2 Å². The van der Waals surface area contributed by atoms with Gasteiger partial charge in [0.15, 0.2) is 0 Å². The van der Waals surface area contributed by atoms with Gasteiger partial charge >= 0.3 is 12.1 Å². The van der Waals surface area contributed by atoms with Crippen LogP contribution in [-0.2, 0) is 38.6 Å². The predicted octanol–water partition coefficient (Wildman–Crippen LogP) is 7.91. The first kappa shape index (κ1) is 37.8. The molecule has 1 saturated carbocycles. The maximum atomic E-state index is 12.5. The first-order chi connectivity index (χ1) is 22.0. The Hall–Kier alpha value is -4.35. The summed E-state index contributed by atoms with van der Waals surface area (Å²) in [5.74, 6) is 0.249. The smallest absolute Gasteiger partial charge is 0.416 e. The van der Waals surface area contributed by atoms with Crippen molar-refractivity contribution >= 4 is 11.9 Å². The molecule has 2 aromatic carbocycles. The molecule has 1 aliphatic rings. The van der Waals surface area contributed by atoms with Gasteiger partial charge in [0, 0.05) is 6.42 Å². The number of hydrogen-bond acceptors (Lipinski definition) is 7. The number of unbranched alkanes of at least 4 members (excludes halogenated alkanes) is 1. The van der Waals surface area contributed by atoms with Gasteiger partial charge in [-0.15, -0.1) is 10.1 Å². The summed E-state index contributed by atoms with van der Waals surface area (Å²) in [7, 11) is 0. The zero-order chi connectivity index (χ0) is 33.8. The summed E-state index contributed by atoms with van der Waals surface area (Å²) >= 11 is 0. The van der Waals surface area contributed by atoms with Crippen molar-refractivity contribution in [1.82, 2.24) is 5.32 Å². The fraction of sp³-hybridized carbons (Fsp3) is 0.471. The minimum atomic E-state index is -4.32. The molecule has 0 heterocycles. The summed E-state index contributed by atoms with van der Waals surface area (Å²) < 4.78 is 48.1. The van der Waals surface area contributed by atoms with Crippen molar-refractivity contribution in [2.24, 2.45) is 5.92 Å². The molecular weight excluding hydrogens is 605 g/mol. The van der Waals surface area contributed by atoms with E-state index in [0.717, 1.165) is 37.0 Å². The number of carbonyl (C=O) groups excluding carboxylic acids is 2. The van der Waals surface area contributed by atoms with Crippen molar-refractivity contribution in [3.05, 3.63) is 99.6 Å². The van der Waals surface area contributed by atoms with Crippen LogP contribution in [0.4, 0.5) is 13.2 Å². The number of carbonyl (C=O) groups is 2. The molecule has 9 nitrogen and oxygen atoms in total. The standard InChI is InChI=1S/C18H24N2O6.C16H19F3O/c1-3-4-5-6-7-17(21)19-14(2)18(22)25-12-15-8-10-16(11-9-15)13-26-20(23)24;17-16(18,19)14-9-5-10-15(12-14)20-11-4-3-8-13-6-1-2-7-13/h3-4,8-11,14H,5-7,12-13H2,1-2H3,(H,19,21);3,5,8-10,12-13H,1-2,4,6-7,11H2/b4-3-;8-3+. The average Bonchev–Trinajstić information content (AvgIpc) is 3.55. The highest BCUT2D eigenvalue weighted by atomic mass is 19.4. The zero-order valence-electron chi connectivity index (χ0n) is 26.3. The minimum absolute atomic E-state index is 0.0523. The molecule has 0 radical (unpaired) electrons.